The van der Waals surface area contributed by atoms with Crippen molar-refractivity contribution in [2.45, 2.75) is 13.8 Å². The van der Waals surface area contributed by atoms with Crippen molar-refractivity contribution in [1.82, 2.24) is 0 Å². The first-order valence-corrected chi connectivity index (χ1v) is 5.49. The fourth-order valence-corrected chi connectivity index (χ4v) is 1.56. The van der Waals surface area contributed by atoms with E-state index in [4.69, 9.17) is 4.74 Å². The summed E-state index contributed by atoms with van der Waals surface area (Å²) in [6.07, 6.45) is 0.813. The highest BCUT2D eigenvalue weighted by atomic mass is 16.5. The normalized spacial score (nSPS) is 10.0. The average Bonchev–Trinajstić information content (AvgIpc) is 2.34. The first kappa shape index (κ1) is 11.4. The second-order valence-corrected chi connectivity index (χ2v) is 4.04. The molecule has 0 bridgehead atoms. The van der Waals surface area contributed by atoms with Crippen LogP contribution in [0.5, 0.6) is 11.5 Å². The standard InChI is InChI=1S/C15H14O2/c1-11-6-7-15(8-12(11)2)17-14-5-3-4-13(9-14)10-16/h3-10H,1-2H3. The maximum absolute atomic E-state index is 10.7. The highest BCUT2D eigenvalue weighted by Crippen LogP contribution is 2.23. The van der Waals surface area contributed by atoms with Gasteiger partial charge in [0.15, 0.2) is 0 Å². The minimum atomic E-state index is 0.617. The topological polar surface area (TPSA) is 26.3 Å². The second-order valence-electron chi connectivity index (χ2n) is 4.04. The number of carbonyl (C=O) groups excluding carboxylic acids is 1. The highest BCUT2D eigenvalue weighted by molar-refractivity contribution is 5.75. The van der Waals surface area contributed by atoms with Crippen molar-refractivity contribution < 1.29 is 9.53 Å². The van der Waals surface area contributed by atoms with Crippen LogP contribution < -0.4 is 4.74 Å². The second kappa shape index (κ2) is 4.83. The van der Waals surface area contributed by atoms with Gasteiger partial charge in [0.2, 0.25) is 0 Å². The van der Waals surface area contributed by atoms with Gasteiger partial charge in [-0.3, -0.25) is 4.79 Å². The molecule has 0 N–H and O–H groups in total. The molecule has 0 heterocycles. The third-order valence-corrected chi connectivity index (χ3v) is 2.71. The summed E-state index contributed by atoms with van der Waals surface area (Å²) in [7, 11) is 0. The molecule has 0 spiro atoms. The number of ether oxygens (including phenoxy) is 1. The third kappa shape index (κ3) is 2.72. The van der Waals surface area contributed by atoms with Gasteiger partial charge >= 0.3 is 0 Å². The zero-order valence-electron chi connectivity index (χ0n) is 9.94. The first-order chi connectivity index (χ1) is 8.19. The van der Waals surface area contributed by atoms with E-state index in [2.05, 4.69) is 6.92 Å². The van der Waals surface area contributed by atoms with Crippen LogP contribution in [-0.2, 0) is 0 Å². The fraction of sp³-hybridized carbons (Fsp3) is 0.133. The minimum Gasteiger partial charge on any atom is -0.457 e. The largest absolute Gasteiger partial charge is 0.457 e. The van der Waals surface area contributed by atoms with Crippen LogP contribution in [0.1, 0.15) is 21.5 Å². The fourth-order valence-electron chi connectivity index (χ4n) is 1.56. The first-order valence-electron chi connectivity index (χ1n) is 5.49. The van der Waals surface area contributed by atoms with E-state index in [1.165, 1.54) is 11.1 Å². The van der Waals surface area contributed by atoms with E-state index in [1.807, 2.05) is 31.2 Å². The molecule has 0 aliphatic rings. The SMILES string of the molecule is Cc1ccc(Oc2cccc(C=O)c2)cc1C. The molecular formula is C15H14O2. The molecule has 86 valence electrons. The van der Waals surface area contributed by atoms with Gasteiger partial charge in [-0.15, -0.1) is 0 Å². The van der Waals surface area contributed by atoms with Crippen molar-refractivity contribution in [3.8, 4) is 11.5 Å². The van der Waals surface area contributed by atoms with E-state index in [-0.39, 0.29) is 0 Å². The Labute approximate surface area is 101 Å². The van der Waals surface area contributed by atoms with Gasteiger partial charge < -0.3 is 4.74 Å². The molecule has 0 amide bonds. The van der Waals surface area contributed by atoms with E-state index in [0.717, 1.165) is 12.0 Å². The number of carbonyl (C=O) groups is 1. The maximum atomic E-state index is 10.7. The van der Waals surface area contributed by atoms with Gasteiger partial charge in [0.1, 0.15) is 17.8 Å². The Balaban J connectivity index is 2.24. The van der Waals surface area contributed by atoms with Gasteiger partial charge in [-0.2, -0.15) is 0 Å². The predicted molar refractivity (Wildman–Crippen MR) is 67.8 cm³/mol. The van der Waals surface area contributed by atoms with Crippen LogP contribution in [0.15, 0.2) is 42.5 Å². The third-order valence-electron chi connectivity index (χ3n) is 2.71. The van der Waals surface area contributed by atoms with E-state index < -0.39 is 0 Å². The smallest absolute Gasteiger partial charge is 0.150 e. The molecule has 2 aromatic carbocycles. The van der Waals surface area contributed by atoms with Crippen molar-refractivity contribution in [2.75, 3.05) is 0 Å². The summed E-state index contributed by atoms with van der Waals surface area (Å²) >= 11 is 0. The Bertz CT molecular complexity index is 544. The molecule has 0 saturated carbocycles. The van der Waals surface area contributed by atoms with E-state index in [0.29, 0.717) is 11.3 Å². The van der Waals surface area contributed by atoms with E-state index in [9.17, 15) is 4.79 Å². The van der Waals surface area contributed by atoms with Crippen LogP contribution in [0.25, 0.3) is 0 Å². The van der Waals surface area contributed by atoms with Crippen LogP contribution in [0, 0.1) is 13.8 Å². The zero-order chi connectivity index (χ0) is 12.3. The van der Waals surface area contributed by atoms with Gasteiger partial charge in [-0.25, -0.2) is 0 Å². The molecule has 0 aromatic heterocycles. The van der Waals surface area contributed by atoms with Crippen molar-refractivity contribution >= 4 is 6.29 Å². The van der Waals surface area contributed by atoms with Gasteiger partial charge in [0.05, 0.1) is 0 Å². The Morgan fingerprint density at radius 3 is 2.41 bits per heavy atom. The molecule has 2 aromatic rings. The van der Waals surface area contributed by atoms with Crippen LogP contribution in [0.2, 0.25) is 0 Å². The summed E-state index contributed by atoms with van der Waals surface area (Å²) in [6.45, 7) is 4.11. The van der Waals surface area contributed by atoms with Crippen molar-refractivity contribution in [2.24, 2.45) is 0 Å². The number of hydrogen-bond donors (Lipinski definition) is 0. The van der Waals surface area contributed by atoms with Crippen molar-refractivity contribution in [3.63, 3.8) is 0 Å². The van der Waals surface area contributed by atoms with Crippen LogP contribution in [0.3, 0.4) is 0 Å². The molecule has 2 rings (SSSR count). The molecule has 17 heavy (non-hydrogen) atoms. The summed E-state index contributed by atoms with van der Waals surface area (Å²) in [5.41, 5.74) is 3.04. The number of rotatable bonds is 3. The predicted octanol–water partition coefficient (Wildman–Crippen LogP) is 3.91. The van der Waals surface area contributed by atoms with Gasteiger partial charge in [0.25, 0.3) is 0 Å². The Kier molecular flexibility index (Phi) is 3.24. The molecule has 0 atom stereocenters. The average molecular weight is 226 g/mol. The molecule has 0 unspecified atom stereocenters. The summed E-state index contributed by atoms with van der Waals surface area (Å²) in [6, 6.07) is 13.1. The van der Waals surface area contributed by atoms with E-state index in [1.54, 1.807) is 18.2 Å². The molecule has 0 saturated heterocycles. The number of hydrogen-bond acceptors (Lipinski definition) is 2. The molecular weight excluding hydrogens is 212 g/mol. The Hall–Kier alpha value is -2.09. The molecule has 0 aliphatic carbocycles. The summed E-state index contributed by atoms with van der Waals surface area (Å²) < 4.78 is 5.70. The number of benzene rings is 2. The lowest BCUT2D eigenvalue weighted by atomic mass is 10.1. The van der Waals surface area contributed by atoms with Gasteiger partial charge in [-0.1, -0.05) is 18.2 Å². The van der Waals surface area contributed by atoms with E-state index >= 15 is 0 Å². The molecule has 0 aliphatic heterocycles. The minimum absolute atomic E-state index is 0.617. The maximum Gasteiger partial charge on any atom is 0.150 e. The van der Waals surface area contributed by atoms with Crippen molar-refractivity contribution in [3.05, 3.63) is 59.2 Å². The van der Waals surface area contributed by atoms with Crippen LogP contribution in [0.4, 0.5) is 0 Å². The lowest BCUT2D eigenvalue weighted by molar-refractivity contribution is 0.112. The monoisotopic (exact) mass is 226 g/mol. The quantitative estimate of drug-likeness (QED) is 0.742. The van der Waals surface area contributed by atoms with Crippen LogP contribution in [-0.4, -0.2) is 6.29 Å². The van der Waals surface area contributed by atoms with Gasteiger partial charge in [-0.05, 0) is 49.2 Å². The molecule has 2 nitrogen and oxygen atoms in total. The number of aldehydes is 1. The molecule has 0 radical (unpaired) electrons. The lowest BCUT2D eigenvalue weighted by Crippen LogP contribution is -1.88. The van der Waals surface area contributed by atoms with Crippen molar-refractivity contribution in [1.29, 1.82) is 0 Å². The summed E-state index contributed by atoms with van der Waals surface area (Å²) in [5, 5.41) is 0. The summed E-state index contributed by atoms with van der Waals surface area (Å²) in [4.78, 5) is 10.7. The molecule has 0 fully saturated rings. The molecule has 2 heteroatoms. The zero-order valence-corrected chi connectivity index (χ0v) is 9.94. The highest BCUT2D eigenvalue weighted by Gasteiger charge is 2.00. The van der Waals surface area contributed by atoms with Gasteiger partial charge in [0, 0.05) is 5.56 Å². The Morgan fingerprint density at radius 2 is 1.71 bits per heavy atom. The summed E-state index contributed by atoms with van der Waals surface area (Å²) in [5.74, 6) is 1.47. The number of aryl methyl sites for hydroxylation is 2. The Morgan fingerprint density at radius 1 is 0.941 bits per heavy atom. The lowest BCUT2D eigenvalue weighted by Gasteiger charge is -2.08. The van der Waals surface area contributed by atoms with Crippen LogP contribution >= 0.6 is 0 Å².